The zero-order chi connectivity index (χ0) is 18.7. The number of amides is 1. The van der Waals surface area contributed by atoms with Crippen LogP contribution < -0.4 is 4.74 Å². The zero-order valence-electron chi connectivity index (χ0n) is 14.2. The quantitative estimate of drug-likeness (QED) is 0.836. The highest BCUT2D eigenvalue weighted by Gasteiger charge is 2.33. The highest BCUT2D eigenvalue weighted by atomic mass is 19.4. The van der Waals surface area contributed by atoms with E-state index in [0.717, 1.165) is 17.8 Å². The first-order chi connectivity index (χ1) is 12.3. The van der Waals surface area contributed by atoms with Gasteiger partial charge in [-0.05, 0) is 37.5 Å². The molecule has 1 unspecified atom stereocenters. The maximum absolute atomic E-state index is 12.7. The van der Waals surface area contributed by atoms with E-state index in [1.165, 1.54) is 0 Å². The third-order valence-electron chi connectivity index (χ3n) is 4.24. The number of rotatable bonds is 3. The molecule has 26 heavy (non-hydrogen) atoms. The fourth-order valence-electron chi connectivity index (χ4n) is 2.91. The van der Waals surface area contributed by atoms with Crippen LogP contribution in [0.4, 0.5) is 13.2 Å². The third-order valence-corrected chi connectivity index (χ3v) is 4.24. The van der Waals surface area contributed by atoms with E-state index in [0.29, 0.717) is 24.9 Å². The Labute approximate surface area is 148 Å². The smallest absolute Gasteiger partial charge is 0.433 e. The number of piperidine rings is 1. The summed E-state index contributed by atoms with van der Waals surface area (Å²) in [5, 5.41) is 0. The van der Waals surface area contributed by atoms with Gasteiger partial charge in [0.05, 0.1) is 6.54 Å². The molecule has 1 aromatic carbocycles. The molecule has 1 aromatic heterocycles. The van der Waals surface area contributed by atoms with Crippen LogP contribution in [0, 0.1) is 6.92 Å². The van der Waals surface area contributed by atoms with Crippen molar-refractivity contribution < 1.29 is 22.7 Å². The van der Waals surface area contributed by atoms with Gasteiger partial charge in [-0.2, -0.15) is 18.2 Å². The van der Waals surface area contributed by atoms with Crippen LogP contribution in [-0.4, -0.2) is 40.0 Å². The van der Waals surface area contributed by atoms with E-state index in [1.807, 2.05) is 19.1 Å². The molecule has 0 N–H and O–H groups in total. The third kappa shape index (κ3) is 4.12. The maximum atomic E-state index is 12.7. The van der Waals surface area contributed by atoms with Gasteiger partial charge in [0.25, 0.3) is 5.91 Å². The van der Waals surface area contributed by atoms with Gasteiger partial charge in [0.2, 0.25) is 0 Å². The van der Waals surface area contributed by atoms with Gasteiger partial charge in [0, 0.05) is 18.3 Å². The largest absolute Gasteiger partial charge is 0.458 e. The van der Waals surface area contributed by atoms with E-state index in [9.17, 15) is 18.0 Å². The minimum atomic E-state index is -4.56. The van der Waals surface area contributed by atoms with Gasteiger partial charge < -0.3 is 9.64 Å². The number of likely N-dealkylation sites (tertiary alicyclic amines) is 1. The maximum Gasteiger partial charge on any atom is 0.433 e. The molecule has 3 rings (SSSR count). The van der Waals surface area contributed by atoms with Crippen molar-refractivity contribution in [2.45, 2.75) is 32.0 Å². The molecule has 1 saturated heterocycles. The Hall–Kier alpha value is -2.64. The van der Waals surface area contributed by atoms with Crippen molar-refractivity contribution in [1.29, 1.82) is 0 Å². The van der Waals surface area contributed by atoms with Gasteiger partial charge >= 0.3 is 12.2 Å². The second kappa shape index (κ2) is 7.31. The van der Waals surface area contributed by atoms with E-state index in [1.54, 1.807) is 17.0 Å². The predicted octanol–water partition coefficient (Wildman–Crippen LogP) is 3.49. The minimum Gasteiger partial charge on any atom is -0.458 e. The zero-order valence-corrected chi connectivity index (χ0v) is 14.2. The molecule has 0 spiro atoms. The molecule has 1 aliphatic heterocycles. The van der Waals surface area contributed by atoms with Crippen LogP contribution in [0.5, 0.6) is 6.01 Å². The number of carbonyl (C=O) groups is 1. The van der Waals surface area contributed by atoms with Crippen LogP contribution >= 0.6 is 0 Å². The van der Waals surface area contributed by atoms with Gasteiger partial charge in [-0.25, -0.2) is 4.98 Å². The summed E-state index contributed by atoms with van der Waals surface area (Å²) in [4.78, 5) is 21.5. The monoisotopic (exact) mass is 365 g/mol. The van der Waals surface area contributed by atoms with Crippen molar-refractivity contribution in [2.75, 3.05) is 13.1 Å². The average molecular weight is 365 g/mol. The molecule has 1 fully saturated rings. The number of aromatic nitrogens is 2. The van der Waals surface area contributed by atoms with Crippen molar-refractivity contribution >= 4 is 5.91 Å². The van der Waals surface area contributed by atoms with Gasteiger partial charge in [0.15, 0.2) is 5.69 Å². The number of aryl methyl sites for hydroxylation is 1. The number of nitrogens with zero attached hydrogens (tertiary/aromatic N) is 3. The summed E-state index contributed by atoms with van der Waals surface area (Å²) in [6.07, 6.45) is -2.66. The number of carbonyl (C=O) groups excluding carboxylic acids is 1. The summed E-state index contributed by atoms with van der Waals surface area (Å²) in [6.45, 7) is 2.73. The second-order valence-electron chi connectivity index (χ2n) is 6.17. The molecule has 2 aromatic rings. The second-order valence-corrected chi connectivity index (χ2v) is 6.17. The summed E-state index contributed by atoms with van der Waals surface area (Å²) < 4.78 is 43.7. The number of benzene rings is 1. The lowest BCUT2D eigenvalue weighted by Crippen LogP contribution is -2.44. The number of halogens is 3. The highest BCUT2D eigenvalue weighted by Crippen LogP contribution is 2.28. The normalized spacial score (nSPS) is 17.8. The van der Waals surface area contributed by atoms with E-state index in [2.05, 4.69) is 9.97 Å². The Morgan fingerprint density at radius 3 is 2.77 bits per heavy atom. The first-order valence-corrected chi connectivity index (χ1v) is 8.26. The molecule has 5 nitrogen and oxygen atoms in total. The summed E-state index contributed by atoms with van der Waals surface area (Å²) in [5.41, 5.74) is 0.441. The average Bonchev–Trinajstić information content (AvgIpc) is 2.61. The lowest BCUT2D eigenvalue weighted by molar-refractivity contribution is -0.141. The molecule has 1 amide bonds. The summed E-state index contributed by atoms with van der Waals surface area (Å²) in [5.74, 6) is -0.110. The van der Waals surface area contributed by atoms with Crippen LogP contribution in [0.1, 0.15) is 34.5 Å². The van der Waals surface area contributed by atoms with Crippen LogP contribution in [0.15, 0.2) is 36.5 Å². The van der Waals surface area contributed by atoms with Gasteiger partial charge in [0.1, 0.15) is 6.10 Å². The molecule has 1 aliphatic rings. The Morgan fingerprint density at radius 2 is 2.04 bits per heavy atom. The molecule has 0 bridgehead atoms. The molecule has 138 valence electrons. The van der Waals surface area contributed by atoms with E-state index in [-0.39, 0.29) is 18.5 Å². The first kappa shape index (κ1) is 18.2. The summed E-state index contributed by atoms with van der Waals surface area (Å²) in [7, 11) is 0. The molecular formula is C18H18F3N3O2. The molecule has 0 aliphatic carbocycles. The fourth-order valence-corrected chi connectivity index (χ4v) is 2.91. The topological polar surface area (TPSA) is 55.3 Å². The fraction of sp³-hybridized carbons (Fsp3) is 0.389. The molecule has 0 saturated carbocycles. The number of alkyl halides is 3. The van der Waals surface area contributed by atoms with Crippen molar-refractivity contribution in [3.63, 3.8) is 0 Å². The Bertz CT molecular complexity index is 795. The molecule has 0 radical (unpaired) electrons. The molecular weight excluding hydrogens is 347 g/mol. The van der Waals surface area contributed by atoms with E-state index < -0.39 is 18.0 Å². The summed E-state index contributed by atoms with van der Waals surface area (Å²) >= 11 is 0. The molecule has 8 heteroatoms. The SMILES string of the molecule is Cc1ccccc1C(=O)N1CCCC(Oc2nccc(C(F)(F)F)n2)C1. The Balaban J connectivity index is 1.69. The van der Waals surface area contributed by atoms with Crippen molar-refractivity contribution in [3.8, 4) is 6.01 Å². The lowest BCUT2D eigenvalue weighted by Gasteiger charge is -2.32. The van der Waals surface area contributed by atoms with E-state index >= 15 is 0 Å². The van der Waals surface area contributed by atoms with Crippen LogP contribution in [0.2, 0.25) is 0 Å². The van der Waals surface area contributed by atoms with Crippen LogP contribution in [-0.2, 0) is 6.18 Å². The van der Waals surface area contributed by atoms with E-state index in [4.69, 9.17) is 4.74 Å². The highest BCUT2D eigenvalue weighted by molar-refractivity contribution is 5.95. The van der Waals surface area contributed by atoms with Gasteiger partial charge in [-0.1, -0.05) is 18.2 Å². The van der Waals surface area contributed by atoms with Crippen molar-refractivity contribution in [3.05, 3.63) is 53.3 Å². The van der Waals surface area contributed by atoms with Crippen molar-refractivity contribution in [2.24, 2.45) is 0 Å². The molecule has 2 heterocycles. The van der Waals surface area contributed by atoms with Crippen molar-refractivity contribution in [1.82, 2.24) is 14.9 Å². The first-order valence-electron chi connectivity index (χ1n) is 8.26. The van der Waals surface area contributed by atoms with Crippen LogP contribution in [0.25, 0.3) is 0 Å². The van der Waals surface area contributed by atoms with Gasteiger partial charge in [-0.15, -0.1) is 0 Å². The number of ether oxygens (including phenoxy) is 1. The van der Waals surface area contributed by atoms with Gasteiger partial charge in [-0.3, -0.25) is 4.79 Å². The number of hydrogen-bond acceptors (Lipinski definition) is 4. The Kier molecular flexibility index (Phi) is 5.11. The van der Waals surface area contributed by atoms with Crippen LogP contribution in [0.3, 0.4) is 0 Å². The minimum absolute atomic E-state index is 0.110. The standard InChI is InChI=1S/C18H18F3N3O2/c1-12-5-2-3-7-14(12)16(25)24-10-4-6-13(11-24)26-17-22-9-8-15(23-17)18(19,20)21/h2-3,5,7-9,13H,4,6,10-11H2,1H3. The predicted molar refractivity (Wildman–Crippen MR) is 87.8 cm³/mol. The lowest BCUT2D eigenvalue weighted by atomic mass is 10.0. The summed E-state index contributed by atoms with van der Waals surface area (Å²) in [6, 6.07) is 7.75. The Morgan fingerprint density at radius 1 is 1.27 bits per heavy atom. The number of hydrogen-bond donors (Lipinski definition) is 0. The molecule has 1 atom stereocenters.